The molecular weight excluding hydrogens is 238 g/mol. The average molecular weight is 252 g/mol. The number of nitrogens with two attached hydrogens (primary N) is 1. The van der Waals surface area contributed by atoms with Gasteiger partial charge in [0.15, 0.2) is 5.82 Å². The van der Waals surface area contributed by atoms with Gasteiger partial charge in [0, 0.05) is 23.0 Å². The first-order chi connectivity index (χ1) is 8.06. The molecule has 0 radical (unpaired) electrons. The van der Waals surface area contributed by atoms with Crippen molar-refractivity contribution in [3.63, 3.8) is 0 Å². The highest BCUT2D eigenvalue weighted by Crippen LogP contribution is 2.24. The van der Waals surface area contributed by atoms with Crippen LogP contribution >= 0.6 is 11.6 Å². The normalized spacial score (nSPS) is 12.7. The van der Waals surface area contributed by atoms with E-state index in [2.05, 4.69) is 10.1 Å². The number of rotatable bonds is 3. The fourth-order valence-electron chi connectivity index (χ4n) is 1.60. The van der Waals surface area contributed by atoms with Crippen LogP contribution in [-0.4, -0.2) is 16.2 Å². The highest BCUT2D eigenvalue weighted by atomic mass is 35.5. The van der Waals surface area contributed by atoms with E-state index >= 15 is 0 Å². The molecule has 2 aromatic rings. The third-order valence-electron chi connectivity index (χ3n) is 2.39. The third kappa shape index (κ3) is 2.84. The van der Waals surface area contributed by atoms with E-state index in [9.17, 15) is 0 Å². The molecule has 2 rings (SSSR count). The minimum absolute atomic E-state index is 0.0202. The van der Waals surface area contributed by atoms with Crippen LogP contribution in [0.2, 0.25) is 5.02 Å². The lowest BCUT2D eigenvalue weighted by Gasteiger charge is -2.00. The van der Waals surface area contributed by atoms with Crippen LogP contribution in [0, 0.1) is 6.92 Å². The van der Waals surface area contributed by atoms with Gasteiger partial charge in [-0.1, -0.05) is 16.8 Å². The van der Waals surface area contributed by atoms with Gasteiger partial charge in [0.25, 0.3) is 5.89 Å². The van der Waals surface area contributed by atoms with Crippen molar-refractivity contribution in [2.24, 2.45) is 5.73 Å². The number of halogens is 1. The molecule has 2 N–H and O–H groups in total. The largest absolute Gasteiger partial charge is 0.334 e. The quantitative estimate of drug-likeness (QED) is 0.911. The van der Waals surface area contributed by atoms with E-state index in [0.29, 0.717) is 23.2 Å². The van der Waals surface area contributed by atoms with E-state index in [0.717, 1.165) is 11.1 Å². The Balaban J connectivity index is 2.30. The molecule has 0 saturated heterocycles. The summed E-state index contributed by atoms with van der Waals surface area (Å²) in [4.78, 5) is 4.31. The van der Waals surface area contributed by atoms with Crippen LogP contribution in [0.5, 0.6) is 0 Å². The Hall–Kier alpha value is -1.39. The Morgan fingerprint density at radius 2 is 2.24 bits per heavy atom. The van der Waals surface area contributed by atoms with Crippen LogP contribution in [0.4, 0.5) is 0 Å². The highest BCUT2D eigenvalue weighted by Gasteiger charge is 2.12. The molecule has 1 aromatic heterocycles. The van der Waals surface area contributed by atoms with E-state index in [1.807, 2.05) is 26.0 Å². The molecule has 1 heterocycles. The number of benzene rings is 1. The van der Waals surface area contributed by atoms with Crippen LogP contribution in [0.1, 0.15) is 18.3 Å². The SMILES string of the molecule is Cc1cc(Cl)ccc1-c1nc(CC(C)N)no1. The van der Waals surface area contributed by atoms with Gasteiger partial charge in [-0.2, -0.15) is 4.98 Å². The zero-order chi connectivity index (χ0) is 12.4. The molecule has 0 bridgehead atoms. The van der Waals surface area contributed by atoms with Crippen molar-refractivity contribution in [3.05, 3.63) is 34.6 Å². The first-order valence-electron chi connectivity index (χ1n) is 5.41. The van der Waals surface area contributed by atoms with Crippen molar-refractivity contribution in [2.45, 2.75) is 26.3 Å². The van der Waals surface area contributed by atoms with E-state index < -0.39 is 0 Å². The molecule has 0 aliphatic heterocycles. The Morgan fingerprint density at radius 3 is 2.88 bits per heavy atom. The van der Waals surface area contributed by atoms with E-state index in [1.54, 1.807) is 6.07 Å². The minimum Gasteiger partial charge on any atom is -0.334 e. The third-order valence-corrected chi connectivity index (χ3v) is 2.63. The van der Waals surface area contributed by atoms with Crippen LogP contribution in [0.3, 0.4) is 0 Å². The summed E-state index contributed by atoms with van der Waals surface area (Å²) in [6.45, 7) is 3.86. The number of hydrogen-bond donors (Lipinski definition) is 1. The summed E-state index contributed by atoms with van der Waals surface area (Å²) >= 11 is 5.90. The highest BCUT2D eigenvalue weighted by molar-refractivity contribution is 6.30. The van der Waals surface area contributed by atoms with Crippen LogP contribution in [0.15, 0.2) is 22.7 Å². The first kappa shape index (κ1) is 12.1. The summed E-state index contributed by atoms with van der Waals surface area (Å²) in [5, 5.41) is 4.59. The van der Waals surface area contributed by atoms with Gasteiger partial charge in [0.1, 0.15) is 0 Å². The zero-order valence-corrected chi connectivity index (χ0v) is 10.5. The maximum atomic E-state index is 5.90. The molecular formula is C12H14ClN3O. The molecule has 1 atom stereocenters. The van der Waals surface area contributed by atoms with Crippen LogP contribution in [-0.2, 0) is 6.42 Å². The first-order valence-corrected chi connectivity index (χ1v) is 5.78. The number of nitrogens with zero attached hydrogens (tertiary/aromatic N) is 2. The maximum Gasteiger partial charge on any atom is 0.258 e. The van der Waals surface area contributed by atoms with Crippen molar-refractivity contribution in [1.82, 2.24) is 10.1 Å². The standard InChI is InChI=1S/C12H14ClN3O/c1-7-5-9(13)3-4-10(7)12-15-11(16-17-12)6-8(2)14/h3-5,8H,6,14H2,1-2H3. The number of aryl methyl sites for hydroxylation is 1. The van der Waals surface area contributed by atoms with Crippen LogP contribution < -0.4 is 5.73 Å². The van der Waals surface area contributed by atoms with Gasteiger partial charge in [-0.25, -0.2) is 0 Å². The molecule has 0 saturated carbocycles. The van der Waals surface area contributed by atoms with Crippen LogP contribution in [0.25, 0.3) is 11.5 Å². The predicted molar refractivity (Wildman–Crippen MR) is 66.8 cm³/mol. The van der Waals surface area contributed by atoms with Gasteiger partial charge in [0.2, 0.25) is 0 Å². The minimum atomic E-state index is 0.0202. The lowest BCUT2D eigenvalue weighted by atomic mass is 10.1. The monoisotopic (exact) mass is 251 g/mol. The van der Waals surface area contributed by atoms with Crippen molar-refractivity contribution >= 4 is 11.6 Å². The smallest absolute Gasteiger partial charge is 0.258 e. The molecule has 90 valence electrons. The Kier molecular flexibility index (Phi) is 3.45. The van der Waals surface area contributed by atoms with Crippen molar-refractivity contribution in [2.75, 3.05) is 0 Å². The van der Waals surface area contributed by atoms with E-state index in [1.165, 1.54) is 0 Å². The summed E-state index contributed by atoms with van der Waals surface area (Å²) in [5.74, 6) is 1.14. The number of hydrogen-bond acceptors (Lipinski definition) is 4. The zero-order valence-electron chi connectivity index (χ0n) is 9.77. The van der Waals surface area contributed by atoms with Gasteiger partial charge < -0.3 is 10.3 Å². The lowest BCUT2D eigenvalue weighted by molar-refractivity contribution is 0.420. The predicted octanol–water partition coefficient (Wildman–Crippen LogP) is 2.59. The van der Waals surface area contributed by atoms with Gasteiger partial charge >= 0.3 is 0 Å². The second-order valence-electron chi connectivity index (χ2n) is 4.16. The molecule has 5 heteroatoms. The van der Waals surface area contributed by atoms with Crippen molar-refractivity contribution < 1.29 is 4.52 Å². The van der Waals surface area contributed by atoms with Crippen molar-refractivity contribution in [1.29, 1.82) is 0 Å². The molecule has 0 spiro atoms. The second-order valence-corrected chi connectivity index (χ2v) is 4.59. The lowest BCUT2D eigenvalue weighted by Crippen LogP contribution is -2.18. The molecule has 0 aliphatic rings. The number of aromatic nitrogens is 2. The molecule has 0 aliphatic carbocycles. The van der Waals surface area contributed by atoms with Crippen molar-refractivity contribution in [3.8, 4) is 11.5 Å². The molecule has 1 aromatic carbocycles. The maximum absolute atomic E-state index is 5.90. The summed E-state index contributed by atoms with van der Waals surface area (Å²) in [5.41, 5.74) is 7.59. The Bertz CT molecular complexity index is 522. The van der Waals surface area contributed by atoms with E-state index in [-0.39, 0.29) is 6.04 Å². The molecule has 4 nitrogen and oxygen atoms in total. The fraction of sp³-hybridized carbons (Fsp3) is 0.333. The Morgan fingerprint density at radius 1 is 1.47 bits per heavy atom. The molecule has 0 amide bonds. The van der Waals surface area contributed by atoms with Gasteiger partial charge in [-0.15, -0.1) is 0 Å². The average Bonchev–Trinajstić information content (AvgIpc) is 2.65. The summed E-state index contributed by atoms with van der Waals surface area (Å²) < 4.78 is 5.21. The fourth-order valence-corrected chi connectivity index (χ4v) is 1.83. The molecule has 1 unspecified atom stereocenters. The summed E-state index contributed by atoms with van der Waals surface area (Å²) in [6, 6.07) is 5.57. The van der Waals surface area contributed by atoms with Gasteiger partial charge in [-0.05, 0) is 37.6 Å². The van der Waals surface area contributed by atoms with Gasteiger partial charge in [-0.3, -0.25) is 0 Å². The molecule has 17 heavy (non-hydrogen) atoms. The Labute approximate surface area is 105 Å². The summed E-state index contributed by atoms with van der Waals surface area (Å²) in [7, 11) is 0. The topological polar surface area (TPSA) is 64.9 Å². The van der Waals surface area contributed by atoms with E-state index in [4.69, 9.17) is 21.9 Å². The summed E-state index contributed by atoms with van der Waals surface area (Å²) in [6.07, 6.45) is 0.607. The van der Waals surface area contributed by atoms with Gasteiger partial charge in [0.05, 0.1) is 0 Å². The second kappa shape index (κ2) is 4.85. The molecule has 0 fully saturated rings.